The highest BCUT2D eigenvalue weighted by atomic mass is 79.9. The summed E-state index contributed by atoms with van der Waals surface area (Å²) in [7, 11) is 1.28. The second kappa shape index (κ2) is 4.91. The van der Waals surface area contributed by atoms with Gasteiger partial charge in [0.25, 0.3) is 0 Å². The van der Waals surface area contributed by atoms with Crippen LogP contribution in [-0.2, 0) is 9.47 Å². The third kappa shape index (κ3) is 3.59. The van der Waals surface area contributed by atoms with E-state index in [0.717, 1.165) is 0 Å². The molecule has 1 heterocycles. The third-order valence-corrected chi connectivity index (χ3v) is 2.40. The van der Waals surface area contributed by atoms with E-state index in [1.165, 1.54) is 23.9 Å². The van der Waals surface area contributed by atoms with Crippen LogP contribution in [0.5, 0.6) is 0 Å². The van der Waals surface area contributed by atoms with Gasteiger partial charge in [-0.2, -0.15) is 0 Å². The summed E-state index contributed by atoms with van der Waals surface area (Å²) in [5.74, 6) is -0.506. The fourth-order valence-electron chi connectivity index (χ4n) is 1.12. The maximum Gasteiger partial charge on any atom is 0.419 e. The summed E-state index contributed by atoms with van der Waals surface area (Å²) in [6.45, 7) is 5.30. The fraction of sp³-hybridized carbons (Fsp3) is 0.455. The second-order valence-corrected chi connectivity index (χ2v) is 5.21. The highest BCUT2D eigenvalue weighted by Crippen LogP contribution is 2.18. The lowest BCUT2D eigenvalue weighted by Gasteiger charge is -2.19. The molecule has 0 saturated carbocycles. The molecule has 0 aliphatic heterocycles. The van der Waals surface area contributed by atoms with Gasteiger partial charge in [0.1, 0.15) is 5.60 Å². The first kappa shape index (κ1) is 13.8. The monoisotopic (exact) mass is 303 g/mol. The van der Waals surface area contributed by atoms with E-state index in [2.05, 4.69) is 20.7 Å². The Morgan fingerprint density at radius 1 is 1.35 bits per heavy atom. The van der Waals surface area contributed by atoms with Crippen molar-refractivity contribution >= 4 is 28.0 Å². The van der Waals surface area contributed by atoms with Crippen molar-refractivity contribution in [2.45, 2.75) is 26.4 Å². The average Bonchev–Trinajstić information content (AvgIpc) is 2.56. The van der Waals surface area contributed by atoms with Crippen LogP contribution in [0.15, 0.2) is 16.9 Å². The molecule has 0 fully saturated rings. The SMILES string of the molecule is COC(=O)c1cc(Br)n(C(=O)OC(C)(C)C)c1. The van der Waals surface area contributed by atoms with E-state index in [9.17, 15) is 9.59 Å². The number of carbonyl (C=O) groups is 2. The van der Waals surface area contributed by atoms with Crippen molar-refractivity contribution in [3.05, 3.63) is 22.4 Å². The lowest BCUT2D eigenvalue weighted by Crippen LogP contribution is -2.26. The molecular weight excluding hydrogens is 290 g/mol. The van der Waals surface area contributed by atoms with Crippen LogP contribution in [0.4, 0.5) is 4.79 Å². The minimum Gasteiger partial charge on any atom is -0.465 e. The van der Waals surface area contributed by atoms with Gasteiger partial charge in [0.05, 0.1) is 17.3 Å². The van der Waals surface area contributed by atoms with Gasteiger partial charge < -0.3 is 9.47 Å². The van der Waals surface area contributed by atoms with Crippen molar-refractivity contribution in [2.75, 3.05) is 7.11 Å². The minimum atomic E-state index is -0.591. The summed E-state index contributed by atoms with van der Waals surface area (Å²) in [5.41, 5.74) is -0.308. The molecule has 0 unspecified atom stereocenters. The topological polar surface area (TPSA) is 57.5 Å². The standard InChI is InChI=1S/C11H14BrNO4/c1-11(2,3)17-10(15)13-6-7(5-8(13)12)9(14)16-4/h5-6H,1-4H3. The zero-order valence-corrected chi connectivity index (χ0v) is 11.7. The van der Waals surface area contributed by atoms with Gasteiger partial charge >= 0.3 is 12.1 Å². The highest BCUT2D eigenvalue weighted by Gasteiger charge is 2.21. The molecule has 6 heteroatoms. The number of esters is 1. The van der Waals surface area contributed by atoms with E-state index >= 15 is 0 Å². The van der Waals surface area contributed by atoms with Crippen molar-refractivity contribution in [3.63, 3.8) is 0 Å². The van der Waals surface area contributed by atoms with Gasteiger partial charge in [0, 0.05) is 6.20 Å². The summed E-state index contributed by atoms with van der Waals surface area (Å²) in [5, 5.41) is 0. The lowest BCUT2D eigenvalue weighted by molar-refractivity contribution is 0.0533. The van der Waals surface area contributed by atoms with E-state index in [0.29, 0.717) is 4.60 Å². The Bertz CT molecular complexity index is 445. The van der Waals surface area contributed by atoms with E-state index < -0.39 is 17.7 Å². The summed E-state index contributed by atoms with van der Waals surface area (Å²) < 4.78 is 11.4. The summed E-state index contributed by atoms with van der Waals surface area (Å²) in [4.78, 5) is 23.0. The van der Waals surface area contributed by atoms with E-state index in [1.807, 2.05) is 0 Å². The minimum absolute atomic E-state index is 0.283. The average molecular weight is 304 g/mol. The Labute approximate surface area is 108 Å². The normalized spacial score (nSPS) is 11.1. The van der Waals surface area contributed by atoms with Crippen LogP contribution >= 0.6 is 15.9 Å². The van der Waals surface area contributed by atoms with Crippen LogP contribution in [0.1, 0.15) is 31.1 Å². The Hall–Kier alpha value is -1.30. The van der Waals surface area contributed by atoms with Crippen LogP contribution < -0.4 is 0 Å². The Balaban J connectivity index is 2.96. The summed E-state index contributed by atoms with van der Waals surface area (Å²) in [6, 6.07) is 1.50. The molecule has 0 radical (unpaired) electrons. The van der Waals surface area contributed by atoms with Crippen molar-refractivity contribution in [3.8, 4) is 0 Å². The van der Waals surface area contributed by atoms with Crippen LogP contribution in [0.3, 0.4) is 0 Å². The zero-order valence-electron chi connectivity index (χ0n) is 10.1. The molecule has 0 aliphatic rings. The van der Waals surface area contributed by atoms with Gasteiger partial charge in [0.15, 0.2) is 0 Å². The van der Waals surface area contributed by atoms with Crippen LogP contribution in [0.2, 0.25) is 0 Å². The number of ether oxygens (including phenoxy) is 2. The van der Waals surface area contributed by atoms with Gasteiger partial charge in [-0.3, -0.25) is 0 Å². The predicted molar refractivity (Wildman–Crippen MR) is 65.1 cm³/mol. The molecule has 1 rings (SSSR count). The maximum atomic E-state index is 11.8. The highest BCUT2D eigenvalue weighted by molar-refractivity contribution is 9.10. The molecule has 1 aromatic heterocycles. The number of hydrogen-bond donors (Lipinski definition) is 0. The van der Waals surface area contributed by atoms with Crippen molar-refractivity contribution in [2.24, 2.45) is 0 Å². The molecule has 94 valence electrons. The van der Waals surface area contributed by atoms with Crippen LogP contribution in [0, 0.1) is 0 Å². The lowest BCUT2D eigenvalue weighted by atomic mass is 10.2. The molecule has 0 bridgehead atoms. The van der Waals surface area contributed by atoms with E-state index in [1.54, 1.807) is 20.8 Å². The van der Waals surface area contributed by atoms with Gasteiger partial charge in [0.2, 0.25) is 0 Å². The fourth-order valence-corrected chi connectivity index (χ4v) is 1.61. The quantitative estimate of drug-likeness (QED) is 0.749. The Kier molecular flexibility index (Phi) is 3.98. The molecule has 0 saturated heterocycles. The predicted octanol–water partition coefficient (Wildman–Crippen LogP) is 2.82. The first-order valence-corrected chi connectivity index (χ1v) is 5.73. The number of aromatic nitrogens is 1. The van der Waals surface area contributed by atoms with Gasteiger partial charge in [-0.15, -0.1) is 0 Å². The maximum absolute atomic E-state index is 11.8. The molecule has 0 spiro atoms. The Morgan fingerprint density at radius 2 is 1.94 bits per heavy atom. The first-order valence-electron chi connectivity index (χ1n) is 4.94. The van der Waals surface area contributed by atoms with Crippen LogP contribution in [-0.4, -0.2) is 29.3 Å². The summed E-state index contributed by atoms with van der Waals surface area (Å²) >= 11 is 3.18. The molecule has 17 heavy (non-hydrogen) atoms. The molecule has 0 amide bonds. The van der Waals surface area contributed by atoms with Crippen molar-refractivity contribution in [1.29, 1.82) is 0 Å². The number of methoxy groups -OCH3 is 1. The molecule has 0 atom stereocenters. The largest absolute Gasteiger partial charge is 0.465 e. The Morgan fingerprint density at radius 3 is 2.41 bits per heavy atom. The van der Waals surface area contributed by atoms with Crippen LogP contribution in [0.25, 0.3) is 0 Å². The smallest absolute Gasteiger partial charge is 0.419 e. The number of hydrogen-bond acceptors (Lipinski definition) is 4. The molecule has 0 N–H and O–H groups in total. The first-order chi connectivity index (χ1) is 7.74. The van der Waals surface area contributed by atoms with E-state index in [4.69, 9.17) is 4.74 Å². The molecule has 1 aromatic rings. The third-order valence-electron chi connectivity index (χ3n) is 1.78. The number of rotatable bonds is 1. The zero-order chi connectivity index (χ0) is 13.2. The number of halogens is 1. The second-order valence-electron chi connectivity index (χ2n) is 4.39. The van der Waals surface area contributed by atoms with E-state index in [-0.39, 0.29) is 5.56 Å². The molecule has 0 aromatic carbocycles. The van der Waals surface area contributed by atoms with Gasteiger partial charge in [-0.05, 0) is 42.8 Å². The molecule has 0 aliphatic carbocycles. The van der Waals surface area contributed by atoms with Gasteiger partial charge in [-0.1, -0.05) is 0 Å². The molecule has 5 nitrogen and oxygen atoms in total. The molecular formula is C11H14BrNO4. The van der Waals surface area contributed by atoms with Gasteiger partial charge in [-0.25, -0.2) is 14.2 Å². The number of carbonyl (C=O) groups excluding carboxylic acids is 2. The number of nitrogens with zero attached hydrogens (tertiary/aromatic N) is 1. The van der Waals surface area contributed by atoms with Crippen molar-refractivity contribution in [1.82, 2.24) is 4.57 Å². The van der Waals surface area contributed by atoms with Crippen molar-refractivity contribution < 1.29 is 19.1 Å². The summed E-state index contributed by atoms with van der Waals surface area (Å²) in [6.07, 6.45) is 0.809.